The number of aliphatic imine (C=N–C) groups is 1. The lowest BCUT2D eigenvalue weighted by Crippen LogP contribution is -2.36. The van der Waals surface area contributed by atoms with Crippen molar-refractivity contribution in [3.05, 3.63) is 53.5 Å². The van der Waals surface area contributed by atoms with Gasteiger partial charge in [-0.05, 0) is 18.2 Å². The number of aliphatic hydroxyl groups excluding tert-OH is 1. The maximum Gasteiger partial charge on any atom is 0.191 e. The molecular weight excluding hydrogens is 386 g/mol. The standard InChI is InChI=1S/C21H23N5O4/c1-29-17-9-14-15(10-18(17)30-2)25-20(26-7-5-23-21(14)26)11-16(28)13-3-4-19(24-12-13)22-6-8-27/h3-4,9-12,25,27H,5-8H2,1-2H3,(H,22,24). The van der Waals surface area contributed by atoms with Crippen LogP contribution in [0.3, 0.4) is 0 Å². The molecule has 0 saturated heterocycles. The van der Waals surface area contributed by atoms with E-state index < -0.39 is 0 Å². The number of carbonyl (C=O) groups is 1. The van der Waals surface area contributed by atoms with Gasteiger partial charge in [0.15, 0.2) is 17.3 Å². The van der Waals surface area contributed by atoms with Gasteiger partial charge in [-0.2, -0.15) is 0 Å². The normalized spacial score (nSPS) is 15.8. The van der Waals surface area contributed by atoms with E-state index in [9.17, 15) is 4.79 Å². The molecule has 30 heavy (non-hydrogen) atoms. The van der Waals surface area contributed by atoms with Crippen LogP contribution in [-0.4, -0.2) is 67.1 Å². The quantitative estimate of drug-likeness (QED) is 0.469. The van der Waals surface area contributed by atoms with Gasteiger partial charge in [0, 0.05) is 42.6 Å². The minimum absolute atomic E-state index is 0.0119. The van der Waals surface area contributed by atoms with Gasteiger partial charge in [0.2, 0.25) is 0 Å². The number of ketones is 1. The zero-order valence-corrected chi connectivity index (χ0v) is 16.8. The number of aromatic nitrogens is 1. The van der Waals surface area contributed by atoms with E-state index in [0.717, 1.165) is 17.1 Å². The molecule has 0 unspecified atom stereocenters. The fourth-order valence-corrected chi connectivity index (χ4v) is 3.43. The van der Waals surface area contributed by atoms with Gasteiger partial charge < -0.3 is 30.1 Å². The lowest BCUT2D eigenvalue weighted by molar-refractivity contribution is 0.104. The number of benzene rings is 1. The van der Waals surface area contributed by atoms with E-state index >= 15 is 0 Å². The molecule has 1 aromatic heterocycles. The number of methoxy groups -OCH3 is 2. The summed E-state index contributed by atoms with van der Waals surface area (Å²) in [5.41, 5.74) is 2.16. The molecule has 0 saturated carbocycles. The summed E-state index contributed by atoms with van der Waals surface area (Å²) in [7, 11) is 3.18. The molecule has 2 aliphatic heterocycles. The SMILES string of the molecule is COc1cc2c(cc1OC)C1=NCCN1C(=CC(=O)c1ccc(NCCO)nc1)N2. The highest BCUT2D eigenvalue weighted by Gasteiger charge is 2.31. The number of carbonyl (C=O) groups excluding carboxylic acids is 1. The van der Waals surface area contributed by atoms with Gasteiger partial charge in [-0.15, -0.1) is 0 Å². The lowest BCUT2D eigenvalue weighted by atomic mass is 10.1. The number of allylic oxidation sites excluding steroid dienone is 1. The summed E-state index contributed by atoms with van der Waals surface area (Å²) in [6.07, 6.45) is 3.07. The van der Waals surface area contributed by atoms with Crippen molar-refractivity contribution < 1.29 is 19.4 Å². The summed E-state index contributed by atoms with van der Waals surface area (Å²) >= 11 is 0. The van der Waals surface area contributed by atoms with Gasteiger partial charge in [-0.25, -0.2) is 4.98 Å². The first kappa shape index (κ1) is 19.7. The average Bonchev–Trinajstić information content (AvgIpc) is 3.27. The van der Waals surface area contributed by atoms with Crippen molar-refractivity contribution in [1.82, 2.24) is 9.88 Å². The van der Waals surface area contributed by atoms with Gasteiger partial charge >= 0.3 is 0 Å². The van der Waals surface area contributed by atoms with E-state index in [1.807, 2.05) is 17.0 Å². The molecule has 4 rings (SSSR count). The predicted octanol–water partition coefficient (Wildman–Crippen LogP) is 1.71. The second kappa shape index (κ2) is 8.42. The van der Waals surface area contributed by atoms with E-state index in [0.29, 0.717) is 48.3 Å². The third-order valence-electron chi connectivity index (χ3n) is 4.89. The summed E-state index contributed by atoms with van der Waals surface area (Å²) in [5.74, 6) is 3.10. The molecule has 0 atom stereocenters. The molecule has 1 aromatic carbocycles. The van der Waals surface area contributed by atoms with Crippen LogP contribution in [0.5, 0.6) is 11.5 Å². The summed E-state index contributed by atoms with van der Waals surface area (Å²) < 4.78 is 10.8. The molecule has 9 nitrogen and oxygen atoms in total. The molecule has 0 aliphatic carbocycles. The topological polar surface area (TPSA) is 108 Å². The Morgan fingerprint density at radius 2 is 2.10 bits per heavy atom. The van der Waals surface area contributed by atoms with Crippen molar-refractivity contribution in [2.24, 2.45) is 4.99 Å². The zero-order valence-electron chi connectivity index (χ0n) is 16.8. The Kier molecular flexibility index (Phi) is 5.53. The fraction of sp³-hybridized carbons (Fsp3) is 0.286. The number of nitrogens with zero attached hydrogens (tertiary/aromatic N) is 3. The van der Waals surface area contributed by atoms with Gasteiger partial charge in [-0.1, -0.05) is 0 Å². The number of rotatable bonds is 7. The Labute approximate surface area is 174 Å². The van der Waals surface area contributed by atoms with Crippen LogP contribution in [0.1, 0.15) is 15.9 Å². The highest BCUT2D eigenvalue weighted by Crippen LogP contribution is 2.38. The average molecular weight is 409 g/mol. The molecular formula is C21H23N5O4. The number of nitrogens with one attached hydrogen (secondary N) is 2. The number of anilines is 2. The molecule has 0 amide bonds. The van der Waals surface area contributed by atoms with Crippen LogP contribution in [0.2, 0.25) is 0 Å². The summed E-state index contributed by atoms with van der Waals surface area (Å²) in [6, 6.07) is 7.15. The monoisotopic (exact) mass is 409 g/mol. The minimum atomic E-state index is -0.172. The van der Waals surface area contributed by atoms with Crippen molar-refractivity contribution in [1.29, 1.82) is 0 Å². The fourth-order valence-electron chi connectivity index (χ4n) is 3.43. The van der Waals surface area contributed by atoms with E-state index in [4.69, 9.17) is 14.6 Å². The Morgan fingerprint density at radius 3 is 2.80 bits per heavy atom. The first-order chi connectivity index (χ1) is 14.6. The number of aliphatic hydroxyl groups is 1. The van der Waals surface area contributed by atoms with Crippen molar-refractivity contribution >= 4 is 23.1 Å². The van der Waals surface area contributed by atoms with Gasteiger partial charge in [0.05, 0.1) is 33.1 Å². The van der Waals surface area contributed by atoms with Crippen molar-refractivity contribution in [2.45, 2.75) is 0 Å². The number of hydrogen-bond acceptors (Lipinski definition) is 9. The highest BCUT2D eigenvalue weighted by atomic mass is 16.5. The summed E-state index contributed by atoms with van der Waals surface area (Å²) in [4.78, 5) is 23.6. The van der Waals surface area contributed by atoms with Crippen LogP contribution in [0, 0.1) is 0 Å². The Hall–Kier alpha value is -3.59. The van der Waals surface area contributed by atoms with Crippen molar-refractivity contribution in [3.63, 3.8) is 0 Å². The minimum Gasteiger partial charge on any atom is -0.493 e. The van der Waals surface area contributed by atoms with Crippen LogP contribution < -0.4 is 20.1 Å². The summed E-state index contributed by atoms with van der Waals surface area (Å²) in [6.45, 7) is 1.73. The number of amidine groups is 1. The second-order valence-electron chi connectivity index (χ2n) is 6.71. The van der Waals surface area contributed by atoms with Crippen LogP contribution in [-0.2, 0) is 0 Å². The molecule has 2 aliphatic rings. The largest absolute Gasteiger partial charge is 0.493 e. The molecule has 156 valence electrons. The van der Waals surface area contributed by atoms with Crippen LogP contribution in [0.25, 0.3) is 0 Å². The van der Waals surface area contributed by atoms with Crippen LogP contribution in [0.4, 0.5) is 11.5 Å². The molecule has 0 fully saturated rings. The second-order valence-corrected chi connectivity index (χ2v) is 6.71. The van der Waals surface area contributed by atoms with Gasteiger partial charge in [0.1, 0.15) is 17.5 Å². The van der Waals surface area contributed by atoms with Crippen molar-refractivity contribution in [2.75, 3.05) is 51.1 Å². The molecule has 3 heterocycles. The predicted molar refractivity (Wildman–Crippen MR) is 114 cm³/mol. The Bertz CT molecular complexity index is 1020. The highest BCUT2D eigenvalue weighted by molar-refractivity contribution is 6.10. The van der Waals surface area contributed by atoms with Crippen molar-refractivity contribution in [3.8, 4) is 11.5 Å². The Balaban J connectivity index is 1.63. The maximum absolute atomic E-state index is 12.8. The molecule has 3 N–H and O–H groups in total. The molecule has 0 spiro atoms. The zero-order chi connectivity index (χ0) is 21.1. The third-order valence-corrected chi connectivity index (χ3v) is 4.89. The number of hydrogen-bond donors (Lipinski definition) is 3. The van der Waals surface area contributed by atoms with E-state index in [1.54, 1.807) is 32.4 Å². The van der Waals surface area contributed by atoms with E-state index in [2.05, 4.69) is 20.6 Å². The summed E-state index contributed by atoms with van der Waals surface area (Å²) in [5, 5.41) is 15.2. The van der Waals surface area contributed by atoms with Gasteiger partial charge in [0.25, 0.3) is 0 Å². The van der Waals surface area contributed by atoms with Gasteiger partial charge in [-0.3, -0.25) is 9.79 Å². The number of pyridine rings is 1. The number of fused-ring (bicyclic) bond motifs is 3. The lowest BCUT2D eigenvalue weighted by Gasteiger charge is -2.31. The third kappa shape index (κ3) is 3.67. The Morgan fingerprint density at radius 1 is 1.30 bits per heavy atom. The molecule has 0 radical (unpaired) electrons. The van der Waals surface area contributed by atoms with Crippen LogP contribution >= 0.6 is 0 Å². The first-order valence-electron chi connectivity index (χ1n) is 9.57. The van der Waals surface area contributed by atoms with E-state index in [-0.39, 0.29) is 12.4 Å². The molecule has 9 heteroatoms. The maximum atomic E-state index is 12.8. The van der Waals surface area contributed by atoms with E-state index in [1.165, 1.54) is 6.20 Å². The molecule has 2 aromatic rings. The van der Waals surface area contributed by atoms with Crippen LogP contribution in [0.15, 0.2) is 47.4 Å². The number of ether oxygens (including phenoxy) is 2. The molecule has 0 bridgehead atoms. The smallest absolute Gasteiger partial charge is 0.191 e. The first-order valence-corrected chi connectivity index (χ1v) is 9.57.